The molecule has 24 heavy (non-hydrogen) atoms. The zero-order chi connectivity index (χ0) is 16.5. The predicted molar refractivity (Wildman–Crippen MR) is 100 cm³/mol. The number of carbonyl (C=O) groups excluding carboxylic acids is 1. The van der Waals surface area contributed by atoms with Crippen molar-refractivity contribution in [1.82, 2.24) is 9.78 Å². The number of nitrogens with zero attached hydrogens (tertiary/aromatic N) is 2. The fourth-order valence-corrected chi connectivity index (χ4v) is 4.80. The van der Waals surface area contributed by atoms with Crippen molar-refractivity contribution >= 4 is 46.4 Å². The molecule has 4 rings (SSSR count). The van der Waals surface area contributed by atoms with Gasteiger partial charge in [-0.15, -0.1) is 11.8 Å². The van der Waals surface area contributed by atoms with E-state index in [2.05, 4.69) is 27.2 Å². The molecule has 0 saturated carbocycles. The number of halogens is 1. The van der Waals surface area contributed by atoms with E-state index in [1.165, 1.54) is 5.56 Å². The van der Waals surface area contributed by atoms with Crippen LogP contribution in [0.15, 0.2) is 47.3 Å². The smallest absolute Gasteiger partial charge is 0.235 e. The number of carbonyl (C=O) groups is 1. The third-order valence-electron chi connectivity index (χ3n) is 3.91. The molecule has 0 aliphatic carbocycles. The fourth-order valence-electron chi connectivity index (χ4n) is 2.75. The van der Waals surface area contributed by atoms with Crippen LogP contribution in [0, 0.1) is 0 Å². The van der Waals surface area contributed by atoms with Crippen molar-refractivity contribution in [2.24, 2.45) is 0 Å². The molecule has 3 heterocycles. The molecule has 0 radical (unpaired) electrons. The zero-order valence-electron chi connectivity index (χ0n) is 12.6. The highest BCUT2D eigenvalue weighted by Crippen LogP contribution is 2.42. The first-order valence-electron chi connectivity index (χ1n) is 7.45. The van der Waals surface area contributed by atoms with E-state index in [9.17, 15) is 4.79 Å². The van der Waals surface area contributed by atoms with E-state index in [1.54, 1.807) is 23.1 Å². The molecule has 0 bridgehead atoms. The standard InChI is InChI=1S/C17H14ClN3OS2/c18-14-4-2-1-3-11(14)8-21-17-13(7-19-21)16(12-5-6-23-9-12)24-10-15(22)20-17/h1-7,9,16H,8,10H2,(H,20,22)/t16-/m0/s1. The van der Waals surface area contributed by atoms with Gasteiger partial charge in [0.15, 0.2) is 0 Å². The van der Waals surface area contributed by atoms with Crippen molar-refractivity contribution in [3.63, 3.8) is 0 Å². The number of hydrogen-bond donors (Lipinski definition) is 1. The minimum Gasteiger partial charge on any atom is -0.310 e. The number of hydrogen-bond acceptors (Lipinski definition) is 4. The first kappa shape index (κ1) is 15.7. The summed E-state index contributed by atoms with van der Waals surface area (Å²) in [5, 5.41) is 12.5. The van der Waals surface area contributed by atoms with E-state index in [0.717, 1.165) is 16.9 Å². The third-order valence-corrected chi connectivity index (χ3v) is 6.27. The summed E-state index contributed by atoms with van der Waals surface area (Å²) in [4.78, 5) is 12.1. The van der Waals surface area contributed by atoms with Crippen LogP contribution in [-0.4, -0.2) is 21.4 Å². The van der Waals surface area contributed by atoms with E-state index >= 15 is 0 Å². The molecular weight excluding hydrogens is 362 g/mol. The quantitative estimate of drug-likeness (QED) is 0.737. The first-order chi connectivity index (χ1) is 11.7. The Balaban J connectivity index is 1.74. The topological polar surface area (TPSA) is 46.9 Å². The van der Waals surface area contributed by atoms with Crippen LogP contribution in [-0.2, 0) is 11.3 Å². The number of thioether (sulfide) groups is 1. The largest absolute Gasteiger partial charge is 0.310 e. The summed E-state index contributed by atoms with van der Waals surface area (Å²) in [5.41, 5.74) is 3.22. The Morgan fingerprint density at radius 2 is 2.21 bits per heavy atom. The number of benzene rings is 1. The minimum atomic E-state index is -0.000104. The highest BCUT2D eigenvalue weighted by atomic mass is 35.5. The normalized spacial score (nSPS) is 17.2. The van der Waals surface area contributed by atoms with Gasteiger partial charge in [0.2, 0.25) is 5.91 Å². The third kappa shape index (κ3) is 2.97. The highest BCUT2D eigenvalue weighted by Gasteiger charge is 2.28. The lowest BCUT2D eigenvalue weighted by Crippen LogP contribution is -2.17. The number of amides is 1. The Labute approximate surface area is 152 Å². The van der Waals surface area contributed by atoms with Gasteiger partial charge in [-0.2, -0.15) is 16.4 Å². The van der Waals surface area contributed by atoms with Gasteiger partial charge in [0, 0.05) is 10.6 Å². The van der Waals surface area contributed by atoms with Crippen LogP contribution in [0.2, 0.25) is 5.02 Å². The summed E-state index contributed by atoms with van der Waals surface area (Å²) in [6.45, 7) is 0.524. The van der Waals surface area contributed by atoms with Crippen LogP contribution in [0.1, 0.15) is 21.9 Å². The van der Waals surface area contributed by atoms with Crippen molar-refractivity contribution in [2.45, 2.75) is 11.8 Å². The van der Waals surface area contributed by atoms with Gasteiger partial charge in [0.25, 0.3) is 0 Å². The Hall–Kier alpha value is -1.76. The molecule has 1 atom stereocenters. The van der Waals surface area contributed by atoms with Gasteiger partial charge < -0.3 is 5.32 Å². The second-order valence-corrected chi connectivity index (χ2v) is 7.77. The molecular formula is C17H14ClN3OS2. The molecule has 0 fully saturated rings. The van der Waals surface area contributed by atoms with Gasteiger partial charge in [-0.1, -0.05) is 29.8 Å². The average Bonchev–Trinajstić information content (AvgIpc) is 3.19. The van der Waals surface area contributed by atoms with Gasteiger partial charge in [-0.3, -0.25) is 4.79 Å². The lowest BCUT2D eigenvalue weighted by molar-refractivity contribution is -0.113. The highest BCUT2D eigenvalue weighted by molar-refractivity contribution is 8.00. The first-order valence-corrected chi connectivity index (χ1v) is 9.82. The van der Waals surface area contributed by atoms with E-state index in [4.69, 9.17) is 11.6 Å². The molecule has 3 aromatic rings. The Morgan fingerprint density at radius 1 is 1.33 bits per heavy atom. The van der Waals surface area contributed by atoms with Crippen LogP contribution < -0.4 is 5.32 Å². The van der Waals surface area contributed by atoms with E-state index in [0.29, 0.717) is 17.3 Å². The van der Waals surface area contributed by atoms with Gasteiger partial charge in [-0.05, 0) is 34.0 Å². The molecule has 7 heteroatoms. The van der Waals surface area contributed by atoms with Crippen LogP contribution in [0.4, 0.5) is 5.82 Å². The Bertz CT molecular complexity index is 876. The minimum absolute atomic E-state index is 0.000104. The van der Waals surface area contributed by atoms with Crippen LogP contribution >= 0.6 is 34.7 Å². The average molecular weight is 376 g/mol. The number of anilines is 1. The van der Waals surface area contributed by atoms with E-state index in [-0.39, 0.29) is 11.2 Å². The van der Waals surface area contributed by atoms with Gasteiger partial charge in [-0.25, -0.2) is 4.68 Å². The van der Waals surface area contributed by atoms with Crippen molar-refractivity contribution in [3.8, 4) is 0 Å². The van der Waals surface area contributed by atoms with Crippen molar-refractivity contribution in [1.29, 1.82) is 0 Å². The fraction of sp³-hybridized carbons (Fsp3) is 0.176. The maximum Gasteiger partial charge on any atom is 0.235 e. The molecule has 122 valence electrons. The maximum atomic E-state index is 12.1. The Kier molecular flexibility index (Phi) is 4.35. The van der Waals surface area contributed by atoms with Crippen molar-refractivity contribution in [3.05, 3.63) is 69.0 Å². The van der Waals surface area contributed by atoms with E-state index < -0.39 is 0 Å². The molecule has 0 unspecified atom stereocenters. The monoisotopic (exact) mass is 375 g/mol. The summed E-state index contributed by atoms with van der Waals surface area (Å²) in [6.07, 6.45) is 1.85. The van der Waals surface area contributed by atoms with Crippen LogP contribution in [0.25, 0.3) is 0 Å². The van der Waals surface area contributed by atoms with Gasteiger partial charge >= 0.3 is 0 Å². The molecule has 1 aliphatic heterocycles. The molecule has 0 saturated heterocycles. The lowest BCUT2D eigenvalue weighted by Gasteiger charge is -2.13. The number of rotatable bonds is 3. The predicted octanol–water partition coefficient (Wildman–Crippen LogP) is 4.42. The second-order valence-electron chi connectivity index (χ2n) is 5.49. The van der Waals surface area contributed by atoms with Gasteiger partial charge in [0.05, 0.1) is 23.7 Å². The summed E-state index contributed by atoms with van der Waals surface area (Å²) >= 11 is 9.56. The number of fused-ring (bicyclic) bond motifs is 1. The summed E-state index contributed by atoms with van der Waals surface area (Å²) in [6, 6.07) is 9.79. The van der Waals surface area contributed by atoms with Gasteiger partial charge in [0.1, 0.15) is 5.82 Å². The SMILES string of the molecule is O=C1CS[C@@H](c2ccsc2)c2cnn(Cc3ccccc3Cl)c2N1. The molecule has 2 aromatic heterocycles. The zero-order valence-corrected chi connectivity index (χ0v) is 15.0. The summed E-state index contributed by atoms with van der Waals surface area (Å²) in [7, 11) is 0. The van der Waals surface area contributed by atoms with Crippen LogP contribution in [0.5, 0.6) is 0 Å². The Morgan fingerprint density at radius 3 is 3.00 bits per heavy atom. The summed E-state index contributed by atoms with van der Waals surface area (Å²) in [5.74, 6) is 1.20. The second kappa shape index (κ2) is 6.63. The molecule has 0 spiro atoms. The number of thiophene rings is 1. The lowest BCUT2D eigenvalue weighted by atomic mass is 10.1. The van der Waals surface area contributed by atoms with E-state index in [1.807, 2.05) is 35.1 Å². The molecule has 4 nitrogen and oxygen atoms in total. The van der Waals surface area contributed by atoms with Crippen molar-refractivity contribution in [2.75, 3.05) is 11.1 Å². The number of nitrogens with one attached hydrogen (secondary N) is 1. The number of aromatic nitrogens is 2. The van der Waals surface area contributed by atoms with Crippen LogP contribution in [0.3, 0.4) is 0 Å². The maximum absolute atomic E-state index is 12.1. The molecule has 1 amide bonds. The molecule has 1 N–H and O–H groups in total. The molecule has 1 aromatic carbocycles. The molecule has 1 aliphatic rings. The van der Waals surface area contributed by atoms with Crippen molar-refractivity contribution < 1.29 is 4.79 Å². The summed E-state index contributed by atoms with van der Waals surface area (Å²) < 4.78 is 1.82.